The summed E-state index contributed by atoms with van der Waals surface area (Å²) in [5.41, 5.74) is 0.0694. The zero-order chi connectivity index (χ0) is 7.35. The maximum Gasteiger partial charge on any atom is 0.226 e. The lowest BCUT2D eigenvalue weighted by molar-refractivity contribution is -0.125. The summed E-state index contributed by atoms with van der Waals surface area (Å²) in [7, 11) is 0. The van der Waals surface area contributed by atoms with Crippen molar-refractivity contribution in [2.24, 2.45) is 17.3 Å². The summed E-state index contributed by atoms with van der Waals surface area (Å²) in [6.45, 7) is 5.22. The predicted octanol–water partition coefficient (Wildman–Crippen LogP) is 0.778. The molecule has 2 nitrogen and oxygen atoms in total. The third-order valence-electron chi connectivity index (χ3n) is 3.11. The fourth-order valence-corrected chi connectivity index (χ4v) is 2.23. The number of rotatable bonds is 1. The van der Waals surface area contributed by atoms with Gasteiger partial charge in [-0.2, -0.15) is 0 Å². The van der Waals surface area contributed by atoms with Crippen molar-refractivity contribution in [3.05, 3.63) is 0 Å². The second-order valence-corrected chi connectivity index (χ2v) is 3.81. The molecule has 0 spiro atoms. The van der Waals surface area contributed by atoms with Gasteiger partial charge in [-0.1, -0.05) is 13.8 Å². The Bertz CT molecular complexity index is 184. The smallest absolute Gasteiger partial charge is 0.226 e. The summed E-state index contributed by atoms with van der Waals surface area (Å²) in [6, 6.07) is 0. The van der Waals surface area contributed by atoms with E-state index in [1.54, 1.807) is 0 Å². The molecule has 2 rings (SSSR count). The second kappa shape index (κ2) is 1.55. The number of hydrogen-bond acceptors (Lipinski definition) is 1. The van der Waals surface area contributed by atoms with Crippen LogP contribution in [0.4, 0.5) is 0 Å². The van der Waals surface area contributed by atoms with Crippen molar-refractivity contribution in [1.82, 2.24) is 5.32 Å². The van der Waals surface area contributed by atoms with Gasteiger partial charge in [0.15, 0.2) is 0 Å². The van der Waals surface area contributed by atoms with Crippen LogP contribution in [0.3, 0.4) is 0 Å². The maximum absolute atomic E-state index is 11.3. The number of nitrogens with one attached hydrogen (secondary N) is 1. The summed E-state index contributed by atoms with van der Waals surface area (Å²) in [5.74, 6) is 1.49. The van der Waals surface area contributed by atoms with Crippen molar-refractivity contribution in [3.63, 3.8) is 0 Å². The van der Waals surface area contributed by atoms with Crippen molar-refractivity contribution >= 4 is 5.91 Å². The van der Waals surface area contributed by atoms with Crippen LogP contribution in [0.25, 0.3) is 0 Å². The van der Waals surface area contributed by atoms with Crippen molar-refractivity contribution in [2.75, 3.05) is 6.54 Å². The molecule has 1 N–H and O–H groups in total. The van der Waals surface area contributed by atoms with E-state index in [0.29, 0.717) is 17.7 Å². The van der Waals surface area contributed by atoms with Crippen LogP contribution in [0.15, 0.2) is 0 Å². The Labute approximate surface area is 61.0 Å². The van der Waals surface area contributed by atoms with Crippen LogP contribution in [0.2, 0.25) is 0 Å². The van der Waals surface area contributed by atoms with Gasteiger partial charge in [0.25, 0.3) is 0 Å². The van der Waals surface area contributed by atoms with Gasteiger partial charge in [0.2, 0.25) is 5.91 Å². The van der Waals surface area contributed by atoms with Gasteiger partial charge >= 0.3 is 0 Å². The van der Waals surface area contributed by atoms with Gasteiger partial charge in [0.1, 0.15) is 0 Å². The molecule has 10 heavy (non-hydrogen) atoms. The predicted molar refractivity (Wildman–Crippen MR) is 38.4 cm³/mol. The minimum atomic E-state index is 0.0694. The Morgan fingerprint density at radius 1 is 1.70 bits per heavy atom. The number of fused-ring (bicyclic) bond motifs is 1. The Kier molecular flexibility index (Phi) is 0.960. The average molecular weight is 139 g/mol. The van der Waals surface area contributed by atoms with E-state index in [4.69, 9.17) is 0 Å². The first kappa shape index (κ1) is 6.20. The lowest BCUT2D eigenvalue weighted by atomic mass is 9.91. The number of piperidine rings is 1. The van der Waals surface area contributed by atoms with Gasteiger partial charge in [-0.25, -0.2) is 0 Å². The molecule has 1 aliphatic heterocycles. The highest BCUT2D eigenvalue weighted by atomic mass is 16.2. The molecule has 2 heteroatoms. The van der Waals surface area contributed by atoms with Gasteiger partial charge in [-0.3, -0.25) is 4.79 Å². The third kappa shape index (κ3) is 0.482. The summed E-state index contributed by atoms with van der Waals surface area (Å²) in [6.07, 6.45) is 1.14. The zero-order valence-corrected chi connectivity index (χ0v) is 6.48. The first-order chi connectivity index (χ1) is 4.68. The van der Waals surface area contributed by atoms with E-state index in [1.807, 2.05) is 0 Å². The van der Waals surface area contributed by atoms with Gasteiger partial charge in [0, 0.05) is 6.54 Å². The maximum atomic E-state index is 11.3. The Hall–Kier alpha value is -0.530. The normalized spacial score (nSPS) is 43.5. The minimum absolute atomic E-state index is 0.0694. The van der Waals surface area contributed by atoms with Crippen LogP contribution < -0.4 is 5.32 Å². The number of hydrogen-bond donors (Lipinski definition) is 1. The highest BCUT2D eigenvalue weighted by molar-refractivity contribution is 5.89. The Morgan fingerprint density at radius 3 is 2.60 bits per heavy atom. The molecule has 1 saturated carbocycles. The molecule has 1 aliphatic carbocycles. The molecule has 2 aliphatic rings. The van der Waals surface area contributed by atoms with E-state index in [1.165, 1.54) is 0 Å². The molecule has 56 valence electrons. The molecule has 0 aromatic carbocycles. The highest BCUT2D eigenvalue weighted by Gasteiger charge is 2.64. The monoisotopic (exact) mass is 139 g/mol. The standard InChI is InChI=1S/C8H13NO/c1-5(2)8-3-6(8)4-9-7(8)10/h5-6H,3-4H2,1-2H3,(H,9,10)/t6-,8+/m1/s1. The molecule has 1 heterocycles. The molecule has 0 radical (unpaired) electrons. The van der Waals surface area contributed by atoms with Crippen molar-refractivity contribution in [1.29, 1.82) is 0 Å². The fourth-order valence-electron chi connectivity index (χ4n) is 2.23. The molecule has 0 aromatic heterocycles. The molecule has 2 fully saturated rings. The molecular weight excluding hydrogens is 126 g/mol. The molecular formula is C8H13NO. The van der Waals surface area contributed by atoms with E-state index in [0.717, 1.165) is 13.0 Å². The number of carbonyl (C=O) groups excluding carboxylic acids is 1. The van der Waals surface area contributed by atoms with Crippen LogP contribution in [0.5, 0.6) is 0 Å². The summed E-state index contributed by atoms with van der Waals surface area (Å²) < 4.78 is 0. The van der Waals surface area contributed by atoms with Crippen molar-refractivity contribution in [2.45, 2.75) is 20.3 Å². The van der Waals surface area contributed by atoms with Crippen LogP contribution in [-0.2, 0) is 4.79 Å². The van der Waals surface area contributed by atoms with Gasteiger partial charge in [-0.15, -0.1) is 0 Å². The SMILES string of the molecule is CC(C)[C@@]12C[C@@H]1CNC2=O. The largest absolute Gasteiger partial charge is 0.355 e. The van der Waals surface area contributed by atoms with Gasteiger partial charge in [0.05, 0.1) is 5.41 Å². The lowest BCUT2D eigenvalue weighted by Gasteiger charge is -2.13. The van der Waals surface area contributed by atoms with E-state index >= 15 is 0 Å². The summed E-state index contributed by atoms with van der Waals surface area (Å²) in [4.78, 5) is 11.3. The quantitative estimate of drug-likeness (QED) is 0.571. The molecule has 0 unspecified atom stereocenters. The van der Waals surface area contributed by atoms with E-state index < -0.39 is 0 Å². The highest BCUT2D eigenvalue weighted by Crippen LogP contribution is 2.60. The molecule has 2 atom stereocenters. The number of amides is 1. The molecule has 0 bridgehead atoms. The van der Waals surface area contributed by atoms with Crippen molar-refractivity contribution in [3.8, 4) is 0 Å². The van der Waals surface area contributed by atoms with E-state index in [-0.39, 0.29) is 5.41 Å². The Balaban J connectivity index is 2.25. The van der Waals surface area contributed by atoms with Crippen LogP contribution >= 0.6 is 0 Å². The second-order valence-electron chi connectivity index (χ2n) is 3.81. The first-order valence-electron chi connectivity index (χ1n) is 3.96. The van der Waals surface area contributed by atoms with Gasteiger partial charge in [-0.05, 0) is 18.3 Å². The van der Waals surface area contributed by atoms with E-state index in [2.05, 4.69) is 19.2 Å². The first-order valence-corrected chi connectivity index (χ1v) is 3.96. The Morgan fingerprint density at radius 2 is 2.40 bits per heavy atom. The summed E-state index contributed by atoms with van der Waals surface area (Å²) >= 11 is 0. The molecule has 0 aromatic rings. The lowest BCUT2D eigenvalue weighted by Crippen LogP contribution is -2.28. The average Bonchev–Trinajstić information content (AvgIpc) is 2.52. The third-order valence-corrected chi connectivity index (χ3v) is 3.11. The van der Waals surface area contributed by atoms with E-state index in [9.17, 15) is 4.79 Å². The fraction of sp³-hybridized carbons (Fsp3) is 0.875. The van der Waals surface area contributed by atoms with Gasteiger partial charge < -0.3 is 5.32 Å². The zero-order valence-electron chi connectivity index (χ0n) is 6.48. The van der Waals surface area contributed by atoms with Crippen LogP contribution in [0.1, 0.15) is 20.3 Å². The molecule has 1 amide bonds. The molecule has 1 saturated heterocycles. The van der Waals surface area contributed by atoms with Crippen molar-refractivity contribution < 1.29 is 4.79 Å². The van der Waals surface area contributed by atoms with Crippen LogP contribution in [-0.4, -0.2) is 12.5 Å². The minimum Gasteiger partial charge on any atom is -0.355 e. The summed E-state index contributed by atoms with van der Waals surface area (Å²) in [5, 5.41) is 2.90. The van der Waals surface area contributed by atoms with Crippen LogP contribution in [0, 0.1) is 17.3 Å². The topological polar surface area (TPSA) is 29.1 Å². The number of carbonyl (C=O) groups is 1.